The predicted octanol–water partition coefficient (Wildman–Crippen LogP) is 0.852. The van der Waals surface area contributed by atoms with Crippen molar-refractivity contribution in [3.8, 4) is 0 Å². The molecule has 0 spiro atoms. The first-order valence-electron chi connectivity index (χ1n) is 2.65. The van der Waals surface area contributed by atoms with Crippen LogP contribution in [0.5, 0.6) is 0 Å². The zero-order valence-electron chi connectivity index (χ0n) is 5.01. The number of nitrogens with zero attached hydrogens (tertiary/aromatic N) is 1. The van der Waals surface area contributed by atoms with E-state index in [4.69, 9.17) is 5.11 Å². The van der Waals surface area contributed by atoms with Crippen molar-refractivity contribution >= 4 is 0 Å². The lowest BCUT2D eigenvalue weighted by Crippen LogP contribution is -1.95. The van der Waals surface area contributed by atoms with Crippen molar-refractivity contribution < 1.29 is 13.9 Å². The van der Waals surface area contributed by atoms with Crippen molar-refractivity contribution in [2.24, 2.45) is 0 Å². The van der Waals surface area contributed by atoms with E-state index in [9.17, 15) is 8.78 Å². The molecule has 0 saturated carbocycles. The Morgan fingerprint density at radius 1 is 1.50 bits per heavy atom. The minimum atomic E-state index is -1.17. The van der Waals surface area contributed by atoms with E-state index < -0.39 is 18.4 Å². The van der Waals surface area contributed by atoms with Crippen molar-refractivity contribution in [1.29, 1.82) is 0 Å². The number of hydrogen-bond donors (Lipinski definition) is 1. The number of halogens is 2. The summed E-state index contributed by atoms with van der Waals surface area (Å²) < 4.78 is 24.6. The Morgan fingerprint density at radius 2 is 2.20 bits per heavy atom. The summed E-state index contributed by atoms with van der Waals surface area (Å²) >= 11 is 0. The Labute approximate surface area is 56.1 Å². The van der Waals surface area contributed by atoms with Gasteiger partial charge in [-0.05, 0) is 6.07 Å². The summed E-state index contributed by atoms with van der Waals surface area (Å²) in [5, 5.41) is 8.41. The highest BCUT2D eigenvalue weighted by Gasteiger charge is 2.06. The summed E-state index contributed by atoms with van der Waals surface area (Å²) in [5.74, 6) is -2.25. The molecule has 1 aromatic heterocycles. The van der Waals surface area contributed by atoms with Gasteiger partial charge in [-0.15, -0.1) is 0 Å². The summed E-state index contributed by atoms with van der Waals surface area (Å²) in [6.45, 7) is -0.509. The van der Waals surface area contributed by atoms with Crippen LogP contribution in [0.4, 0.5) is 8.78 Å². The molecule has 0 radical (unpaired) electrons. The van der Waals surface area contributed by atoms with Crippen molar-refractivity contribution in [2.75, 3.05) is 0 Å². The van der Waals surface area contributed by atoms with Crippen molar-refractivity contribution in [1.82, 2.24) is 4.98 Å². The van der Waals surface area contributed by atoms with Gasteiger partial charge in [0.15, 0.2) is 5.82 Å². The van der Waals surface area contributed by atoms with Gasteiger partial charge in [-0.3, -0.25) is 0 Å². The van der Waals surface area contributed by atoms with E-state index in [0.29, 0.717) is 0 Å². The van der Waals surface area contributed by atoms with Crippen LogP contribution in [0, 0.1) is 11.8 Å². The molecule has 2 nitrogen and oxygen atoms in total. The topological polar surface area (TPSA) is 33.1 Å². The molecule has 10 heavy (non-hydrogen) atoms. The number of aliphatic hydroxyl groups is 1. The molecule has 0 bridgehead atoms. The van der Waals surface area contributed by atoms with Crippen LogP contribution in [0.25, 0.3) is 0 Å². The van der Waals surface area contributed by atoms with Gasteiger partial charge in [0.25, 0.3) is 0 Å². The zero-order chi connectivity index (χ0) is 7.56. The normalized spacial score (nSPS) is 9.90. The van der Waals surface area contributed by atoms with Gasteiger partial charge in [-0.2, -0.15) is 4.39 Å². The second-order valence-electron chi connectivity index (χ2n) is 1.73. The van der Waals surface area contributed by atoms with Crippen LogP contribution in [0.3, 0.4) is 0 Å². The quantitative estimate of drug-likeness (QED) is 0.594. The van der Waals surface area contributed by atoms with E-state index in [1.54, 1.807) is 0 Å². The second kappa shape index (κ2) is 2.70. The van der Waals surface area contributed by atoms with E-state index in [1.165, 1.54) is 6.07 Å². The van der Waals surface area contributed by atoms with Crippen LogP contribution in [0.15, 0.2) is 12.3 Å². The molecule has 54 valence electrons. The van der Waals surface area contributed by atoms with E-state index in [0.717, 1.165) is 6.20 Å². The van der Waals surface area contributed by atoms with Gasteiger partial charge in [-0.1, -0.05) is 0 Å². The first kappa shape index (κ1) is 7.08. The molecule has 4 heteroatoms. The third kappa shape index (κ3) is 1.11. The van der Waals surface area contributed by atoms with Gasteiger partial charge < -0.3 is 5.11 Å². The maximum atomic E-state index is 12.4. The molecule has 1 rings (SSSR count). The lowest BCUT2D eigenvalue weighted by Gasteiger charge is -1.96. The highest BCUT2D eigenvalue weighted by Crippen LogP contribution is 2.07. The molecule has 0 amide bonds. The highest BCUT2D eigenvalue weighted by atomic mass is 19.2. The fourth-order valence-electron chi connectivity index (χ4n) is 0.577. The SMILES string of the molecule is OCc1ccnc(F)c1F. The predicted molar refractivity (Wildman–Crippen MR) is 30.1 cm³/mol. The van der Waals surface area contributed by atoms with Crippen LogP contribution in [0.2, 0.25) is 0 Å². The minimum absolute atomic E-state index is 0.0764. The first-order chi connectivity index (χ1) is 4.75. The number of aliphatic hydroxyl groups excluding tert-OH is 1. The molecule has 0 fully saturated rings. The first-order valence-corrected chi connectivity index (χ1v) is 2.65. The third-order valence-corrected chi connectivity index (χ3v) is 1.10. The minimum Gasteiger partial charge on any atom is -0.392 e. The van der Waals surface area contributed by atoms with Gasteiger partial charge >= 0.3 is 0 Å². The number of aromatic nitrogens is 1. The molecular formula is C6H5F2NO. The maximum Gasteiger partial charge on any atom is 0.249 e. The Morgan fingerprint density at radius 3 is 2.70 bits per heavy atom. The van der Waals surface area contributed by atoms with Crippen LogP contribution in [-0.2, 0) is 6.61 Å². The maximum absolute atomic E-state index is 12.4. The molecule has 0 aliphatic rings. The largest absolute Gasteiger partial charge is 0.392 e. The molecule has 1 heterocycles. The van der Waals surface area contributed by atoms with Crippen molar-refractivity contribution in [3.63, 3.8) is 0 Å². The van der Waals surface area contributed by atoms with E-state index >= 15 is 0 Å². The number of hydrogen-bond acceptors (Lipinski definition) is 2. The summed E-state index contributed by atoms with van der Waals surface area (Å²) in [6, 6.07) is 1.22. The molecule has 1 aromatic rings. The Bertz CT molecular complexity index is 239. The van der Waals surface area contributed by atoms with Crippen LogP contribution >= 0.6 is 0 Å². The standard InChI is InChI=1S/C6H5F2NO/c7-5-4(3-10)1-2-9-6(5)8/h1-2,10H,3H2. The molecular weight excluding hydrogens is 140 g/mol. The Kier molecular flexibility index (Phi) is 1.91. The highest BCUT2D eigenvalue weighted by molar-refractivity contribution is 5.11. The average molecular weight is 145 g/mol. The summed E-state index contributed by atoms with van der Waals surface area (Å²) in [6.07, 6.45) is 1.10. The third-order valence-electron chi connectivity index (χ3n) is 1.10. The smallest absolute Gasteiger partial charge is 0.249 e. The van der Waals surface area contributed by atoms with Gasteiger partial charge in [-0.25, -0.2) is 9.37 Å². The fraction of sp³-hybridized carbons (Fsp3) is 0.167. The summed E-state index contributed by atoms with van der Waals surface area (Å²) in [4.78, 5) is 3.03. The Hall–Kier alpha value is -1.03. The Balaban J connectivity index is 3.14. The van der Waals surface area contributed by atoms with Gasteiger partial charge in [0.1, 0.15) is 0 Å². The average Bonchev–Trinajstić information content (AvgIpc) is 1.95. The van der Waals surface area contributed by atoms with Crippen LogP contribution in [-0.4, -0.2) is 10.1 Å². The second-order valence-corrected chi connectivity index (χ2v) is 1.73. The van der Waals surface area contributed by atoms with Crippen LogP contribution in [0.1, 0.15) is 5.56 Å². The fourth-order valence-corrected chi connectivity index (χ4v) is 0.577. The summed E-state index contributed by atoms with van der Waals surface area (Å²) in [7, 11) is 0. The van der Waals surface area contributed by atoms with Gasteiger partial charge in [0, 0.05) is 11.8 Å². The monoisotopic (exact) mass is 145 g/mol. The molecule has 0 aliphatic heterocycles. The lowest BCUT2D eigenvalue weighted by molar-refractivity contribution is 0.272. The van der Waals surface area contributed by atoms with E-state index in [2.05, 4.69) is 4.98 Å². The van der Waals surface area contributed by atoms with Crippen LogP contribution < -0.4 is 0 Å². The van der Waals surface area contributed by atoms with Gasteiger partial charge in [0.2, 0.25) is 5.95 Å². The van der Waals surface area contributed by atoms with E-state index in [1.807, 2.05) is 0 Å². The zero-order valence-corrected chi connectivity index (χ0v) is 5.01. The van der Waals surface area contributed by atoms with E-state index in [-0.39, 0.29) is 5.56 Å². The van der Waals surface area contributed by atoms with Crippen molar-refractivity contribution in [3.05, 3.63) is 29.6 Å². The summed E-state index contributed by atoms with van der Waals surface area (Å²) in [5.41, 5.74) is -0.0764. The molecule has 0 unspecified atom stereocenters. The number of pyridine rings is 1. The van der Waals surface area contributed by atoms with Crippen molar-refractivity contribution in [2.45, 2.75) is 6.61 Å². The molecule has 0 saturated heterocycles. The number of rotatable bonds is 1. The lowest BCUT2D eigenvalue weighted by atomic mass is 10.3. The van der Waals surface area contributed by atoms with Gasteiger partial charge in [0.05, 0.1) is 6.61 Å². The molecule has 0 aromatic carbocycles. The molecule has 0 atom stereocenters. The molecule has 1 N–H and O–H groups in total. The molecule has 0 aliphatic carbocycles.